The highest BCUT2D eigenvalue weighted by Gasteiger charge is 2.27. The molecule has 0 spiro atoms. The summed E-state index contributed by atoms with van der Waals surface area (Å²) in [6.45, 7) is 10.5. The molecular weight excluding hydrogens is 260 g/mol. The first-order valence-corrected chi connectivity index (χ1v) is 8.34. The number of rotatable bonds is 7. The molecular formula is C18H30N2O. The van der Waals surface area contributed by atoms with Gasteiger partial charge in [-0.3, -0.25) is 4.90 Å². The third-order valence-corrected chi connectivity index (χ3v) is 4.19. The van der Waals surface area contributed by atoms with Crippen molar-refractivity contribution in [2.45, 2.75) is 51.8 Å². The van der Waals surface area contributed by atoms with Gasteiger partial charge in [0.2, 0.25) is 0 Å². The van der Waals surface area contributed by atoms with Crippen molar-refractivity contribution in [1.29, 1.82) is 0 Å². The van der Waals surface area contributed by atoms with E-state index in [1.54, 1.807) is 0 Å². The van der Waals surface area contributed by atoms with E-state index in [9.17, 15) is 0 Å². The highest BCUT2D eigenvalue weighted by atomic mass is 16.5. The van der Waals surface area contributed by atoms with Crippen molar-refractivity contribution in [3.63, 3.8) is 0 Å². The van der Waals surface area contributed by atoms with Crippen molar-refractivity contribution in [1.82, 2.24) is 10.2 Å². The second-order valence-corrected chi connectivity index (χ2v) is 6.23. The van der Waals surface area contributed by atoms with E-state index in [2.05, 4.69) is 61.3 Å². The molecule has 3 nitrogen and oxygen atoms in total. The first-order chi connectivity index (χ1) is 10.2. The lowest BCUT2D eigenvalue weighted by Gasteiger charge is -2.40. The van der Waals surface area contributed by atoms with Crippen molar-refractivity contribution in [3.05, 3.63) is 35.9 Å². The van der Waals surface area contributed by atoms with E-state index in [4.69, 9.17) is 4.74 Å². The Morgan fingerprint density at radius 1 is 1.29 bits per heavy atom. The first kappa shape index (κ1) is 16.5. The Kier molecular flexibility index (Phi) is 6.68. The van der Waals surface area contributed by atoms with Gasteiger partial charge >= 0.3 is 0 Å². The molecule has 0 aliphatic carbocycles. The number of benzene rings is 1. The highest BCUT2D eigenvalue weighted by molar-refractivity contribution is 5.20. The molecule has 1 heterocycles. The van der Waals surface area contributed by atoms with Crippen LogP contribution in [0.25, 0.3) is 0 Å². The van der Waals surface area contributed by atoms with Crippen LogP contribution >= 0.6 is 0 Å². The summed E-state index contributed by atoms with van der Waals surface area (Å²) in [6, 6.07) is 11.9. The highest BCUT2D eigenvalue weighted by Crippen LogP contribution is 2.21. The molecule has 118 valence electrons. The van der Waals surface area contributed by atoms with Crippen molar-refractivity contribution in [2.24, 2.45) is 0 Å². The fourth-order valence-corrected chi connectivity index (χ4v) is 3.06. The molecule has 1 aromatic rings. The molecule has 1 N–H and O–H groups in total. The molecule has 0 radical (unpaired) electrons. The van der Waals surface area contributed by atoms with Gasteiger partial charge in [0.25, 0.3) is 0 Å². The van der Waals surface area contributed by atoms with Gasteiger partial charge in [0.05, 0.1) is 12.7 Å². The zero-order valence-corrected chi connectivity index (χ0v) is 13.7. The standard InChI is InChI=1S/C18H30N2O/c1-4-8-17-13-19-18(16-9-6-5-7-10-16)14-20(17)11-12-21-15(2)3/h5-7,9-10,15,17-19H,4,8,11-14H2,1-3H3. The second kappa shape index (κ2) is 8.52. The topological polar surface area (TPSA) is 24.5 Å². The molecule has 3 heteroatoms. The average molecular weight is 290 g/mol. The number of nitrogens with one attached hydrogen (secondary N) is 1. The predicted octanol–water partition coefficient (Wildman–Crippen LogP) is 3.23. The molecule has 1 fully saturated rings. The second-order valence-electron chi connectivity index (χ2n) is 6.23. The fraction of sp³-hybridized carbons (Fsp3) is 0.667. The summed E-state index contributed by atoms with van der Waals surface area (Å²) >= 11 is 0. The van der Waals surface area contributed by atoms with Gasteiger partial charge in [0.15, 0.2) is 0 Å². The van der Waals surface area contributed by atoms with Crippen LogP contribution in [0.2, 0.25) is 0 Å². The summed E-state index contributed by atoms with van der Waals surface area (Å²) in [5.41, 5.74) is 1.39. The van der Waals surface area contributed by atoms with Crippen molar-refractivity contribution < 1.29 is 4.74 Å². The van der Waals surface area contributed by atoms with Crippen LogP contribution in [0, 0.1) is 0 Å². The lowest BCUT2D eigenvalue weighted by molar-refractivity contribution is 0.0346. The van der Waals surface area contributed by atoms with Crippen LogP contribution < -0.4 is 5.32 Å². The van der Waals surface area contributed by atoms with Crippen LogP contribution in [0.5, 0.6) is 0 Å². The molecule has 1 saturated heterocycles. The number of nitrogens with zero attached hydrogens (tertiary/aromatic N) is 1. The summed E-state index contributed by atoms with van der Waals surface area (Å²) in [7, 11) is 0. The van der Waals surface area contributed by atoms with E-state index < -0.39 is 0 Å². The zero-order valence-electron chi connectivity index (χ0n) is 13.7. The molecule has 0 amide bonds. The third kappa shape index (κ3) is 5.10. The maximum atomic E-state index is 5.75. The quantitative estimate of drug-likeness (QED) is 0.834. The Labute approximate surface area is 129 Å². The molecule has 2 rings (SSSR count). The van der Waals surface area contributed by atoms with Gasteiger partial charge in [-0.05, 0) is 25.8 Å². The number of ether oxygens (including phenoxy) is 1. The molecule has 0 bridgehead atoms. The summed E-state index contributed by atoms with van der Waals surface area (Å²) < 4.78 is 5.75. The van der Waals surface area contributed by atoms with Gasteiger partial charge in [0, 0.05) is 31.7 Å². The summed E-state index contributed by atoms with van der Waals surface area (Å²) in [5.74, 6) is 0. The van der Waals surface area contributed by atoms with E-state index in [1.807, 2.05) is 0 Å². The van der Waals surface area contributed by atoms with Gasteiger partial charge in [-0.15, -0.1) is 0 Å². The van der Waals surface area contributed by atoms with Crippen LogP contribution in [0.1, 0.15) is 45.2 Å². The Morgan fingerprint density at radius 3 is 2.71 bits per heavy atom. The van der Waals surface area contributed by atoms with Crippen LogP contribution in [0.15, 0.2) is 30.3 Å². The van der Waals surface area contributed by atoms with Crippen molar-refractivity contribution >= 4 is 0 Å². The average Bonchev–Trinajstić information content (AvgIpc) is 2.49. The maximum absolute atomic E-state index is 5.75. The van der Waals surface area contributed by atoms with E-state index in [-0.39, 0.29) is 0 Å². The zero-order chi connectivity index (χ0) is 15.1. The van der Waals surface area contributed by atoms with E-state index >= 15 is 0 Å². The van der Waals surface area contributed by atoms with Crippen molar-refractivity contribution in [3.8, 4) is 0 Å². The first-order valence-electron chi connectivity index (χ1n) is 8.34. The fourth-order valence-electron chi connectivity index (χ4n) is 3.06. The molecule has 1 aliphatic rings. The van der Waals surface area contributed by atoms with Crippen LogP contribution in [-0.2, 0) is 4.74 Å². The Bertz CT molecular complexity index is 393. The molecule has 0 aromatic heterocycles. The van der Waals surface area contributed by atoms with Crippen LogP contribution in [0.3, 0.4) is 0 Å². The Morgan fingerprint density at radius 2 is 2.05 bits per heavy atom. The SMILES string of the molecule is CCCC1CNC(c2ccccc2)CN1CCOC(C)C. The Hall–Kier alpha value is -0.900. The molecule has 21 heavy (non-hydrogen) atoms. The molecule has 2 atom stereocenters. The van der Waals surface area contributed by atoms with Gasteiger partial charge in [0.1, 0.15) is 0 Å². The summed E-state index contributed by atoms with van der Waals surface area (Å²) in [5, 5.41) is 3.72. The van der Waals surface area contributed by atoms with E-state index in [0.717, 1.165) is 26.2 Å². The Balaban J connectivity index is 1.94. The van der Waals surface area contributed by atoms with Crippen molar-refractivity contribution in [2.75, 3.05) is 26.2 Å². The maximum Gasteiger partial charge on any atom is 0.0597 e. The minimum absolute atomic E-state index is 0.322. The van der Waals surface area contributed by atoms with Gasteiger partial charge in [-0.25, -0.2) is 0 Å². The summed E-state index contributed by atoms with van der Waals surface area (Å²) in [4.78, 5) is 2.61. The lowest BCUT2D eigenvalue weighted by Crippen LogP contribution is -2.53. The molecule has 2 unspecified atom stereocenters. The van der Waals surface area contributed by atoms with Crippen LogP contribution in [0.4, 0.5) is 0 Å². The monoisotopic (exact) mass is 290 g/mol. The minimum atomic E-state index is 0.322. The van der Waals surface area contributed by atoms with Gasteiger partial charge < -0.3 is 10.1 Å². The minimum Gasteiger partial charge on any atom is -0.377 e. The lowest BCUT2D eigenvalue weighted by atomic mass is 10.00. The van der Waals surface area contributed by atoms with Gasteiger partial charge in [-0.1, -0.05) is 43.7 Å². The number of hydrogen-bond acceptors (Lipinski definition) is 3. The number of piperazine rings is 1. The number of hydrogen-bond donors (Lipinski definition) is 1. The van der Waals surface area contributed by atoms with Crippen LogP contribution in [-0.4, -0.2) is 43.3 Å². The summed E-state index contributed by atoms with van der Waals surface area (Å²) in [6.07, 6.45) is 2.82. The smallest absolute Gasteiger partial charge is 0.0597 e. The molecule has 0 saturated carbocycles. The molecule has 1 aliphatic heterocycles. The third-order valence-electron chi connectivity index (χ3n) is 4.19. The predicted molar refractivity (Wildman–Crippen MR) is 88.5 cm³/mol. The van der Waals surface area contributed by atoms with E-state index in [1.165, 1.54) is 18.4 Å². The largest absolute Gasteiger partial charge is 0.377 e. The van der Waals surface area contributed by atoms with E-state index in [0.29, 0.717) is 18.2 Å². The normalized spacial score (nSPS) is 23.6. The van der Waals surface area contributed by atoms with Gasteiger partial charge in [-0.2, -0.15) is 0 Å². The molecule has 1 aromatic carbocycles.